The van der Waals surface area contributed by atoms with Crippen molar-refractivity contribution in [1.29, 1.82) is 0 Å². The Hall–Kier alpha value is -11.3. The second kappa shape index (κ2) is 31.7. The van der Waals surface area contributed by atoms with Crippen LogP contribution in [0, 0.1) is 0 Å². The van der Waals surface area contributed by atoms with Crippen molar-refractivity contribution < 1.29 is 61.3 Å². The smallest absolute Gasteiger partial charge is 0.233 e. The first-order valence-corrected chi connectivity index (χ1v) is 32.7. The fraction of sp³-hybridized carbons (Fsp3) is 0. The topological polar surface area (TPSA) is 467 Å². The number of rotatable bonds is 18. The van der Waals surface area contributed by atoms with Crippen molar-refractivity contribution in [2.45, 2.75) is 0 Å². The number of halogens is 6. The summed E-state index contributed by atoms with van der Waals surface area (Å²) < 4.78 is 2.85. The third-order valence-corrected chi connectivity index (χ3v) is 16.4. The highest BCUT2D eigenvalue weighted by atomic mass is 79.9. The first kappa shape index (κ1) is 70.5. The van der Waals surface area contributed by atoms with Crippen LogP contribution < -0.4 is 47.9 Å². The molecule has 30 nitrogen and oxygen atoms in total. The second-order valence-corrected chi connectivity index (χ2v) is 25.3. The Morgan fingerprint density at radius 2 is 0.364 bits per heavy atom. The summed E-state index contributed by atoms with van der Waals surface area (Å²) in [5.41, 5.74) is 4.42. The number of hydrogen-bond donors (Lipinski definition) is 21. The zero-order chi connectivity index (χ0) is 70.6. The van der Waals surface area contributed by atoms with Gasteiger partial charge in [0.05, 0.1) is 43.9 Å². The van der Waals surface area contributed by atoms with Crippen LogP contribution in [0.25, 0.3) is 0 Å². The highest BCUT2D eigenvalue weighted by molar-refractivity contribution is 9.12. The molecule has 36 heteroatoms. The number of anilines is 18. The van der Waals surface area contributed by atoms with Gasteiger partial charge in [0.1, 0.15) is 69.0 Å². The van der Waals surface area contributed by atoms with Crippen LogP contribution in [0.4, 0.5) is 105 Å². The molecule has 0 bridgehead atoms. The van der Waals surface area contributed by atoms with E-state index in [0.29, 0.717) is 61.0 Å². The summed E-state index contributed by atoms with van der Waals surface area (Å²) in [6, 6.07) is 41.2. The highest BCUT2D eigenvalue weighted by Gasteiger charge is 2.18. The van der Waals surface area contributed by atoms with Gasteiger partial charge in [0.25, 0.3) is 0 Å². The maximum atomic E-state index is 10.0. The van der Waals surface area contributed by atoms with E-state index >= 15 is 0 Å². The lowest BCUT2D eigenvalue weighted by Crippen LogP contribution is -2.07. The maximum absolute atomic E-state index is 10.0. The van der Waals surface area contributed by atoms with Crippen molar-refractivity contribution in [3.63, 3.8) is 0 Å². The number of nitrogens with one attached hydrogen (secondary N) is 9. The summed E-state index contributed by atoms with van der Waals surface area (Å²) in [7, 11) is 0. The lowest BCUT2D eigenvalue weighted by Gasteiger charge is -2.13. The van der Waals surface area contributed by atoms with Gasteiger partial charge in [-0.3, -0.25) is 0 Å². The molecule has 0 unspecified atom stereocenters. The van der Waals surface area contributed by atoms with E-state index < -0.39 is 0 Å². The van der Waals surface area contributed by atoms with Gasteiger partial charge in [0.15, 0.2) is 0 Å². The maximum Gasteiger partial charge on any atom is 0.233 e. The molecule has 3 aromatic heterocycles. The van der Waals surface area contributed by atoms with Crippen molar-refractivity contribution in [3.8, 4) is 69.0 Å². The predicted molar refractivity (Wildman–Crippen MR) is 393 cm³/mol. The second-order valence-electron chi connectivity index (χ2n) is 20.2. The molecule has 9 aromatic carbocycles. The quantitative estimate of drug-likeness (QED) is 0.0280. The molecule has 0 atom stereocenters. The lowest BCUT2D eigenvalue weighted by molar-refractivity contribution is 0.451. The van der Waals surface area contributed by atoms with Crippen LogP contribution in [0.5, 0.6) is 69.0 Å². The Bertz CT molecular complexity index is 4340. The molecule has 12 rings (SSSR count). The molecule has 504 valence electrons. The summed E-state index contributed by atoms with van der Waals surface area (Å²) in [5.74, 6) is 0.801. The standard InChI is InChI=1S/C21H12Br6N6O3.C21H18N6O6.C21H18N6O3/c22-10-1-7(2-11(23)16(10)34)28-19-31-20(29-8-3-12(24)17(35)13(25)4-8)33-21(32-19)30-9-5-14(26)18(36)15(27)6-9;28-10-1-4-13(16(31)7-10)22-19-25-20(23-14-5-2-11(29)8-17(14)32)27-21(26-19)24-15-6-3-12(30)9-18(15)33;28-16-7-1-13(2-8-16)22-19-25-20(23-14-3-9-17(29)10-4-14)27-21(26-19)24-15-5-11-18(30)12-6-15/h1-6,34-36H,(H3,28,29,30,31,32,33);1-9,28-33H,(H3,22,23,24,25,26,27);1-12,28-30H,(H3,22,23,24,25,26,27). The highest BCUT2D eigenvalue weighted by Crippen LogP contribution is 2.41. The Balaban J connectivity index is 0.000000161. The van der Waals surface area contributed by atoms with Crippen molar-refractivity contribution >= 4 is 200 Å². The lowest BCUT2D eigenvalue weighted by atomic mass is 10.2. The fourth-order valence-electron chi connectivity index (χ4n) is 8.19. The molecule has 0 amide bonds. The number of phenolic OH excluding ortho intramolecular Hbond substituents is 12. The SMILES string of the molecule is Oc1c(Br)cc(Nc2nc(Nc3cc(Br)c(O)c(Br)c3)nc(Nc3cc(Br)c(O)c(Br)c3)n2)cc1Br.Oc1ccc(Nc2nc(Nc3ccc(O)cc3)nc(Nc3ccc(O)cc3)n2)cc1.Oc1ccc(Nc2nc(Nc3ccc(O)cc3O)nc(Nc3ccc(O)cc3O)n2)c(O)c1. The van der Waals surface area contributed by atoms with Gasteiger partial charge in [0.2, 0.25) is 53.5 Å². The molecule has 0 saturated carbocycles. The number of aromatic hydroxyl groups is 12. The van der Waals surface area contributed by atoms with Gasteiger partial charge in [-0.1, -0.05) is 0 Å². The monoisotopic (exact) mass is 1720 g/mol. The van der Waals surface area contributed by atoms with Crippen LogP contribution in [0.1, 0.15) is 0 Å². The van der Waals surface area contributed by atoms with Gasteiger partial charge >= 0.3 is 0 Å². The number of nitrogens with zero attached hydrogens (tertiary/aromatic N) is 9. The van der Waals surface area contributed by atoms with Crippen molar-refractivity contribution in [2.75, 3.05) is 47.9 Å². The minimum absolute atomic E-state index is 0.0347. The van der Waals surface area contributed by atoms with E-state index in [0.717, 1.165) is 18.2 Å². The number of hydrogen-bond acceptors (Lipinski definition) is 30. The van der Waals surface area contributed by atoms with E-state index in [1.807, 2.05) is 0 Å². The van der Waals surface area contributed by atoms with E-state index in [-0.39, 0.29) is 140 Å². The Kier molecular flexibility index (Phi) is 22.6. The van der Waals surface area contributed by atoms with Crippen LogP contribution in [0.3, 0.4) is 0 Å². The molecule has 3 heterocycles. The molecule has 0 saturated heterocycles. The number of phenols is 12. The molecule has 0 spiro atoms. The van der Waals surface area contributed by atoms with Gasteiger partial charge in [-0.25, -0.2) is 0 Å². The van der Waals surface area contributed by atoms with Crippen LogP contribution in [-0.4, -0.2) is 106 Å². The van der Waals surface area contributed by atoms with Gasteiger partial charge in [-0.05, 0) is 241 Å². The van der Waals surface area contributed by atoms with Crippen LogP contribution in [0.15, 0.2) is 191 Å². The van der Waals surface area contributed by atoms with E-state index in [1.54, 1.807) is 109 Å². The van der Waals surface area contributed by atoms with Crippen molar-refractivity contribution in [3.05, 3.63) is 191 Å². The normalized spacial score (nSPS) is 10.6. The third-order valence-electron chi connectivity index (χ3n) is 12.8. The van der Waals surface area contributed by atoms with Gasteiger partial charge < -0.3 is 109 Å². The summed E-state index contributed by atoms with van der Waals surface area (Å²) in [5, 5.41) is 144. The number of benzene rings is 9. The predicted octanol–water partition coefficient (Wildman–Crippen LogP) is 16.3. The van der Waals surface area contributed by atoms with E-state index in [2.05, 4.69) is 188 Å². The molecule has 0 aliphatic heterocycles. The van der Waals surface area contributed by atoms with E-state index in [1.165, 1.54) is 36.4 Å². The number of aromatic nitrogens is 9. The molecule has 0 radical (unpaired) electrons. The van der Waals surface area contributed by atoms with E-state index in [4.69, 9.17) is 0 Å². The Labute approximate surface area is 609 Å². The molecular weight excluding hydrogens is 1680 g/mol. The molecule has 0 fully saturated rings. The average Bonchev–Trinajstić information content (AvgIpc) is 0.852. The largest absolute Gasteiger partial charge is 0.508 e. The zero-order valence-electron chi connectivity index (χ0n) is 49.7. The molecular formula is C63H48Br6N18O12. The first-order chi connectivity index (χ1) is 47.3. The summed E-state index contributed by atoms with van der Waals surface area (Å²) in [4.78, 5) is 39.1. The molecule has 0 aliphatic rings. The average molecular weight is 1730 g/mol. The van der Waals surface area contributed by atoms with Gasteiger partial charge in [-0.2, -0.15) is 44.9 Å². The third kappa shape index (κ3) is 19.7. The fourth-order valence-corrected chi connectivity index (χ4v) is 11.8. The Morgan fingerprint density at radius 3 is 0.556 bits per heavy atom. The van der Waals surface area contributed by atoms with Crippen molar-refractivity contribution in [1.82, 2.24) is 44.9 Å². The first-order valence-electron chi connectivity index (χ1n) is 28.0. The van der Waals surface area contributed by atoms with Crippen LogP contribution >= 0.6 is 95.6 Å². The summed E-state index contributed by atoms with van der Waals surface area (Å²) >= 11 is 19.9. The summed E-state index contributed by atoms with van der Waals surface area (Å²) in [6.07, 6.45) is 0. The van der Waals surface area contributed by atoms with Crippen LogP contribution in [0.2, 0.25) is 0 Å². The minimum Gasteiger partial charge on any atom is -0.508 e. The molecule has 99 heavy (non-hydrogen) atoms. The van der Waals surface area contributed by atoms with Crippen molar-refractivity contribution in [2.24, 2.45) is 0 Å². The van der Waals surface area contributed by atoms with Crippen LogP contribution in [-0.2, 0) is 0 Å². The Morgan fingerprint density at radius 1 is 0.192 bits per heavy atom. The zero-order valence-corrected chi connectivity index (χ0v) is 59.3. The summed E-state index contributed by atoms with van der Waals surface area (Å²) in [6.45, 7) is 0. The minimum atomic E-state index is -0.258. The molecule has 12 aromatic rings. The van der Waals surface area contributed by atoms with Gasteiger partial charge in [-0.15, -0.1) is 0 Å². The molecule has 21 N–H and O–H groups in total. The molecule has 0 aliphatic carbocycles. The van der Waals surface area contributed by atoms with E-state index in [9.17, 15) is 61.3 Å². The van der Waals surface area contributed by atoms with Gasteiger partial charge in [0, 0.05) is 52.3 Å².